The smallest absolute Gasteiger partial charge is 0.0606 e. The molecule has 1 aromatic carbocycles. The van der Waals surface area contributed by atoms with Gasteiger partial charge in [0.2, 0.25) is 0 Å². The first-order valence-electron chi connectivity index (χ1n) is 3.85. The quantitative estimate of drug-likeness (QED) is 0.812. The highest BCUT2D eigenvalue weighted by Gasteiger charge is 2.01. The van der Waals surface area contributed by atoms with Crippen LogP contribution in [0.5, 0.6) is 0 Å². The van der Waals surface area contributed by atoms with E-state index in [2.05, 4.69) is 0 Å². The summed E-state index contributed by atoms with van der Waals surface area (Å²) in [6.07, 6.45) is -0.306. The van der Waals surface area contributed by atoms with Crippen molar-refractivity contribution in [1.29, 1.82) is 0 Å². The van der Waals surface area contributed by atoms with Crippen molar-refractivity contribution in [1.82, 2.24) is 0 Å². The van der Waals surface area contributed by atoms with Crippen LogP contribution in [0.4, 0.5) is 0 Å². The molecular weight excluding hydrogens is 227 g/mol. The Bertz CT molecular complexity index is 289. The number of aliphatic hydroxyl groups excluding tert-OH is 1. The first kappa shape index (κ1) is 11.2. The van der Waals surface area contributed by atoms with E-state index in [1.54, 1.807) is 30.8 Å². The Morgan fingerprint density at radius 1 is 1.38 bits per heavy atom. The summed E-state index contributed by atoms with van der Waals surface area (Å²) in [6, 6.07) is 5.45. The normalized spacial score (nSPS) is 12.9. The second kappa shape index (κ2) is 5.11. The van der Waals surface area contributed by atoms with E-state index in [0.29, 0.717) is 15.8 Å². The Hall–Kier alpha value is 0.110. The van der Waals surface area contributed by atoms with Gasteiger partial charge in [-0.05, 0) is 25.1 Å². The van der Waals surface area contributed by atoms with E-state index in [4.69, 9.17) is 28.3 Å². The number of aliphatic hydroxyl groups is 1. The summed E-state index contributed by atoms with van der Waals surface area (Å²) in [6.45, 7) is 1.75. The van der Waals surface area contributed by atoms with Crippen LogP contribution in [0.2, 0.25) is 10.0 Å². The highest BCUT2D eigenvalue weighted by Crippen LogP contribution is 2.28. The third kappa shape index (κ3) is 3.77. The third-order valence-corrected chi connectivity index (χ3v) is 3.36. The molecule has 0 radical (unpaired) electrons. The molecule has 1 nitrogen and oxygen atoms in total. The average Bonchev–Trinajstić information content (AvgIpc) is 2.07. The molecule has 0 amide bonds. The number of benzene rings is 1. The Morgan fingerprint density at radius 2 is 2.08 bits per heavy atom. The van der Waals surface area contributed by atoms with Crippen molar-refractivity contribution in [2.24, 2.45) is 0 Å². The number of thioether (sulfide) groups is 1. The van der Waals surface area contributed by atoms with Crippen molar-refractivity contribution in [3.63, 3.8) is 0 Å². The Labute approximate surface area is 92.1 Å². The molecule has 0 aliphatic rings. The van der Waals surface area contributed by atoms with Crippen molar-refractivity contribution < 1.29 is 5.11 Å². The van der Waals surface area contributed by atoms with Crippen molar-refractivity contribution in [3.8, 4) is 0 Å². The predicted molar refractivity (Wildman–Crippen MR) is 58.9 cm³/mol. The van der Waals surface area contributed by atoms with Crippen LogP contribution in [0, 0.1) is 0 Å². The van der Waals surface area contributed by atoms with Gasteiger partial charge in [-0.3, -0.25) is 0 Å². The molecule has 0 heterocycles. The second-order valence-corrected chi connectivity index (χ2v) is 4.64. The van der Waals surface area contributed by atoms with Gasteiger partial charge in [-0.15, -0.1) is 11.8 Å². The summed E-state index contributed by atoms with van der Waals surface area (Å²) in [5.41, 5.74) is 0. The minimum atomic E-state index is -0.306. The molecule has 0 aromatic heterocycles. The number of halogens is 2. The molecule has 0 aliphatic carbocycles. The minimum absolute atomic E-state index is 0.306. The first-order valence-corrected chi connectivity index (χ1v) is 5.59. The molecule has 1 rings (SSSR count). The summed E-state index contributed by atoms with van der Waals surface area (Å²) in [7, 11) is 0. The van der Waals surface area contributed by atoms with E-state index >= 15 is 0 Å². The molecule has 0 fully saturated rings. The number of hydrogen-bond acceptors (Lipinski definition) is 2. The molecule has 13 heavy (non-hydrogen) atoms. The van der Waals surface area contributed by atoms with Crippen LogP contribution in [0.1, 0.15) is 6.92 Å². The summed E-state index contributed by atoms with van der Waals surface area (Å²) < 4.78 is 0. The summed E-state index contributed by atoms with van der Waals surface area (Å²) in [5.74, 6) is 0.665. The Morgan fingerprint density at radius 3 is 2.62 bits per heavy atom. The molecule has 0 saturated carbocycles. The first-order chi connectivity index (χ1) is 6.09. The summed E-state index contributed by atoms with van der Waals surface area (Å²) in [5, 5.41) is 10.2. The van der Waals surface area contributed by atoms with Gasteiger partial charge < -0.3 is 5.11 Å². The second-order valence-electron chi connectivity index (χ2n) is 2.74. The van der Waals surface area contributed by atoms with Crippen LogP contribution in [0.25, 0.3) is 0 Å². The molecule has 0 saturated heterocycles. The molecule has 0 spiro atoms. The Balaban J connectivity index is 2.63. The predicted octanol–water partition coefficient (Wildman–Crippen LogP) is 3.47. The van der Waals surface area contributed by atoms with Gasteiger partial charge in [0.1, 0.15) is 0 Å². The van der Waals surface area contributed by atoms with Crippen LogP contribution >= 0.6 is 35.0 Å². The fourth-order valence-electron chi connectivity index (χ4n) is 0.783. The van der Waals surface area contributed by atoms with Gasteiger partial charge in [0.05, 0.1) is 16.1 Å². The summed E-state index contributed by atoms with van der Waals surface area (Å²) >= 11 is 13.1. The van der Waals surface area contributed by atoms with Gasteiger partial charge in [-0.1, -0.05) is 23.2 Å². The molecule has 0 unspecified atom stereocenters. The van der Waals surface area contributed by atoms with E-state index in [9.17, 15) is 0 Å². The van der Waals surface area contributed by atoms with Gasteiger partial charge in [0.25, 0.3) is 0 Å². The van der Waals surface area contributed by atoms with Gasteiger partial charge >= 0.3 is 0 Å². The van der Waals surface area contributed by atoms with Gasteiger partial charge in [0.15, 0.2) is 0 Å². The maximum Gasteiger partial charge on any atom is 0.0606 e. The zero-order valence-corrected chi connectivity index (χ0v) is 9.46. The molecular formula is C9H10Cl2OS. The lowest BCUT2D eigenvalue weighted by atomic mass is 10.4. The standard InChI is InChI=1S/C9H10Cl2OS/c1-6(12)5-13-7-2-3-8(10)9(11)4-7/h2-4,6,12H,5H2,1H3/t6-/m0/s1. The molecule has 4 heteroatoms. The fraction of sp³-hybridized carbons (Fsp3) is 0.333. The molecule has 0 aliphatic heterocycles. The van der Waals surface area contributed by atoms with Crippen LogP contribution in [-0.2, 0) is 0 Å². The van der Waals surface area contributed by atoms with E-state index in [0.717, 1.165) is 4.90 Å². The number of hydrogen-bond donors (Lipinski definition) is 1. The SMILES string of the molecule is C[C@H](O)CSc1ccc(Cl)c(Cl)c1. The lowest BCUT2D eigenvalue weighted by Gasteiger charge is -2.04. The molecule has 72 valence electrons. The minimum Gasteiger partial charge on any atom is -0.393 e. The van der Waals surface area contributed by atoms with Crippen molar-refractivity contribution >= 4 is 35.0 Å². The van der Waals surface area contributed by atoms with E-state index in [-0.39, 0.29) is 6.10 Å². The summed E-state index contributed by atoms with van der Waals surface area (Å²) in [4.78, 5) is 1.02. The maximum atomic E-state index is 9.06. The van der Waals surface area contributed by atoms with Crippen LogP contribution < -0.4 is 0 Å². The zero-order valence-electron chi connectivity index (χ0n) is 7.13. The maximum absolute atomic E-state index is 9.06. The van der Waals surface area contributed by atoms with Gasteiger partial charge in [-0.2, -0.15) is 0 Å². The van der Waals surface area contributed by atoms with E-state index < -0.39 is 0 Å². The number of rotatable bonds is 3. The van der Waals surface area contributed by atoms with E-state index in [1.807, 2.05) is 6.07 Å². The highest BCUT2D eigenvalue weighted by atomic mass is 35.5. The van der Waals surface area contributed by atoms with Gasteiger partial charge in [-0.25, -0.2) is 0 Å². The monoisotopic (exact) mass is 236 g/mol. The topological polar surface area (TPSA) is 20.2 Å². The molecule has 1 N–H and O–H groups in total. The lowest BCUT2D eigenvalue weighted by molar-refractivity contribution is 0.220. The average molecular weight is 237 g/mol. The lowest BCUT2D eigenvalue weighted by Crippen LogP contribution is -2.02. The van der Waals surface area contributed by atoms with Gasteiger partial charge in [0, 0.05) is 10.6 Å². The molecule has 1 aromatic rings. The van der Waals surface area contributed by atoms with Crippen molar-refractivity contribution in [2.45, 2.75) is 17.9 Å². The zero-order chi connectivity index (χ0) is 9.84. The Kier molecular flexibility index (Phi) is 4.39. The molecule has 1 atom stereocenters. The largest absolute Gasteiger partial charge is 0.393 e. The third-order valence-electron chi connectivity index (χ3n) is 1.38. The van der Waals surface area contributed by atoms with E-state index in [1.165, 1.54) is 0 Å². The van der Waals surface area contributed by atoms with Crippen LogP contribution in [0.15, 0.2) is 23.1 Å². The van der Waals surface area contributed by atoms with Crippen LogP contribution in [-0.4, -0.2) is 17.0 Å². The molecule has 0 bridgehead atoms. The van der Waals surface area contributed by atoms with Crippen molar-refractivity contribution in [3.05, 3.63) is 28.2 Å². The van der Waals surface area contributed by atoms with Crippen molar-refractivity contribution in [2.75, 3.05) is 5.75 Å². The van der Waals surface area contributed by atoms with Crippen LogP contribution in [0.3, 0.4) is 0 Å². The highest BCUT2D eigenvalue weighted by molar-refractivity contribution is 7.99. The fourth-order valence-corrected chi connectivity index (χ4v) is 1.95.